The molecule has 0 aliphatic carbocycles. The number of carboxylic acids is 1. The quantitative estimate of drug-likeness (QED) is 0.882. The molecule has 0 saturated carbocycles. The number of carbonyl (C=O) groups is 2. The molecule has 5 heteroatoms. The van der Waals surface area contributed by atoms with Crippen molar-refractivity contribution in [2.45, 2.75) is 13.5 Å². The first-order valence-corrected chi connectivity index (χ1v) is 5.72. The molecule has 0 saturated heterocycles. The summed E-state index contributed by atoms with van der Waals surface area (Å²) in [7, 11) is 0. The van der Waals surface area contributed by atoms with Crippen molar-refractivity contribution in [3.8, 4) is 0 Å². The Bertz CT molecular complexity index is 615. The fourth-order valence-electron chi connectivity index (χ4n) is 1.66. The molecular formula is C14H13NO4. The summed E-state index contributed by atoms with van der Waals surface area (Å²) in [5.41, 5.74) is 1.38. The molecule has 0 unspecified atom stereocenters. The van der Waals surface area contributed by atoms with E-state index in [-0.39, 0.29) is 18.0 Å². The highest BCUT2D eigenvalue weighted by atomic mass is 16.4. The van der Waals surface area contributed by atoms with E-state index < -0.39 is 5.97 Å². The molecule has 0 atom stereocenters. The number of carbonyl (C=O) groups excluding carboxylic acids is 1. The highest BCUT2D eigenvalue weighted by molar-refractivity contribution is 5.94. The van der Waals surface area contributed by atoms with Crippen molar-refractivity contribution in [2.24, 2.45) is 0 Å². The van der Waals surface area contributed by atoms with E-state index in [0.717, 1.165) is 5.56 Å². The van der Waals surface area contributed by atoms with E-state index in [1.54, 1.807) is 25.1 Å². The maximum Gasteiger partial charge on any atom is 0.335 e. The summed E-state index contributed by atoms with van der Waals surface area (Å²) in [4.78, 5) is 22.6. The molecule has 1 aromatic carbocycles. The Morgan fingerprint density at radius 1 is 1.26 bits per heavy atom. The van der Waals surface area contributed by atoms with Gasteiger partial charge < -0.3 is 14.8 Å². The zero-order chi connectivity index (χ0) is 13.8. The van der Waals surface area contributed by atoms with Crippen LogP contribution in [0.15, 0.2) is 41.0 Å². The summed E-state index contributed by atoms with van der Waals surface area (Å²) in [6.45, 7) is 2.03. The zero-order valence-corrected chi connectivity index (χ0v) is 10.3. The predicted octanol–water partition coefficient (Wildman–Crippen LogP) is 2.22. The molecule has 2 rings (SSSR count). The summed E-state index contributed by atoms with van der Waals surface area (Å²) < 4.78 is 5.05. The van der Waals surface area contributed by atoms with E-state index >= 15 is 0 Å². The van der Waals surface area contributed by atoms with Gasteiger partial charge in [0, 0.05) is 6.54 Å². The number of aryl methyl sites for hydroxylation is 1. The van der Waals surface area contributed by atoms with Crippen LogP contribution in [0.4, 0.5) is 0 Å². The van der Waals surface area contributed by atoms with Crippen LogP contribution < -0.4 is 5.32 Å². The number of carboxylic acid groups (broad SMARTS) is 1. The fourth-order valence-corrected chi connectivity index (χ4v) is 1.66. The lowest BCUT2D eigenvalue weighted by Crippen LogP contribution is -2.22. The molecule has 0 bridgehead atoms. The number of amides is 1. The Morgan fingerprint density at radius 2 is 2.05 bits per heavy atom. The lowest BCUT2D eigenvalue weighted by molar-refractivity contribution is 0.0696. The zero-order valence-electron chi connectivity index (χ0n) is 10.3. The third-order valence-electron chi connectivity index (χ3n) is 2.62. The van der Waals surface area contributed by atoms with E-state index in [2.05, 4.69) is 5.32 Å². The van der Waals surface area contributed by atoms with Crippen LogP contribution in [0, 0.1) is 6.92 Å². The van der Waals surface area contributed by atoms with Gasteiger partial charge in [-0.3, -0.25) is 4.79 Å². The van der Waals surface area contributed by atoms with Crippen molar-refractivity contribution in [1.29, 1.82) is 0 Å². The molecule has 2 aromatic rings. The maximum absolute atomic E-state index is 11.8. The first-order chi connectivity index (χ1) is 9.06. The third kappa shape index (κ3) is 3.22. The lowest BCUT2D eigenvalue weighted by atomic mass is 10.1. The van der Waals surface area contributed by atoms with Gasteiger partial charge in [-0.1, -0.05) is 12.1 Å². The first kappa shape index (κ1) is 12.9. The van der Waals surface area contributed by atoms with Crippen molar-refractivity contribution < 1.29 is 19.1 Å². The van der Waals surface area contributed by atoms with Crippen LogP contribution in [0.5, 0.6) is 0 Å². The Kier molecular flexibility index (Phi) is 3.66. The van der Waals surface area contributed by atoms with Crippen LogP contribution in [0.3, 0.4) is 0 Å². The number of rotatable bonds is 4. The highest BCUT2D eigenvalue weighted by Gasteiger charge is 2.09. The first-order valence-electron chi connectivity index (χ1n) is 5.72. The van der Waals surface area contributed by atoms with Gasteiger partial charge in [0.2, 0.25) is 0 Å². The lowest BCUT2D eigenvalue weighted by Gasteiger charge is -2.04. The maximum atomic E-state index is 11.8. The molecule has 0 aliphatic rings. The van der Waals surface area contributed by atoms with E-state index in [4.69, 9.17) is 9.52 Å². The van der Waals surface area contributed by atoms with Crippen LogP contribution in [0.25, 0.3) is 0 Å². The van der Waals surface area contributed by atoms with Crippen LogP contribution in [-0.2, 0) is 6.54 Å². The second-order valence-corrected chi connectivity index (χ2v) is 4.13. The van der Waals surface area contributed by atoms with Crippen LogP contribution in [0.2, 0.25) is 0 Å². The monoisotopic (exact) mass is 259 g/mol. The van der Waals surface area contributed by atoms with Gasteiger partial charge in [-0.2, -0.15) is 0 Å². The van der Waals surface area contributed by atoms with Crippen molar-refractivity contribution in [1.82, 2.24) is 5.32 Å². The van der Waals surface area contributed by atoms with Gasteiger partial charge in [-0.15, -0.1) is 0 Å². The third-order valence-corrected chi connectivity index (χ3v) is 2.62. The fraction of sp³-hybridized carbons (Fsp3) is 0.143. The highest BCUT2D eigenvalue weighted by Crippen LogP contribution is 2.08. The predicted molar refractivity (Wildman–Crippen MR) is 68.0 cm³/mol. The minimum Gasteiger partial charge on any atom is -0.478 e. The van der Waals surface area contributed by atoms with E-state index in [9.17, 15) is 9.59 Å². The molecule has 19 heavy (non-hydrogen) atoms. The largest absolute Gasteiger partial charge is 0.478 e. The minimum absolute atomic E-state index is 0.200. The summed E-state index contributed by atoms with van der Waals surface area (Å²) in [6, 6.07) is 8.08. The van der Waals surface area contributed by atoms with E-state index in [1.165, 1.54) is 18.4 Å². The molecule has 0 radical (unpaired) electrons. The average molecular weight is 259 g/mol. The molecule has 5 nitrogen and oxygen atoms in total. The van der Waals surface area contributed by atoms with Gasteiger partial charge in [-0.05, 0) is 30.7 Å². The molecule has 1 aromatic heterocycles. The summed E-state index contributed by atoms with van der Waals surface area (Å²) in [5, 5.41) is 11.6. The molecule has 0 fully saturated rings. The molecular weight excluding hydrogens is 246 g/mol. The van der Waals surface area contributed by atoms with Crippen molar-refractivity contribution >= 4 is 11.9 Å². The molecule has 1 heterocycles. The molecule has 1 amide bonds. The standard InChI is InChI=1S/C14H13NO4/c1-9-5-12(8-19-9)13(16)15-7-10-3-2-4-11(6-10)14(17)18/h2-6,8H,7H2,1H3,(H,15,16)(H,17,18). The van der Waals surface area contributed by atoms with Crippen LogP contribution in [-0.4, -0.2) is 17.0 Å². The average Bonchev–Trinajstić information content (AvgIpc) is 2.83. The van der Waals surface area contributed by atoms with E-state index in [1.807, 2.05) is 0 Å². The number of aromatic carboxylic acids is 1. The van der Waals surface area contributed by atoms with Crippen LogP contribution >= 0.6 is 0 Å². The topological polar surface area (TPSA) is 79.5 Å². The van der Waals surface area contributed by atoms with Gasteiger partial charge in [0.15, 0.2) is 0 Å². The number of furan rings is 1. The van der Waals surface area contributed by atoms with Gasteiger partial charge in [-0.25, -0.2) is 4.79 Å². The SMILES string of the molecule is Cc1cc(C(=O)NCc2cccc(C(=O)O)c2)co1. The Balaban J connectivity index is 2.01. The Labute approximate surface area is 109 Å². The van der Waals surface area contributed by atoms with Crippen molar-refractivity contribution in [2.75, 3.05) is 0 Å². The second-order valence-electron chi connectivity index (χ2n) is 4.13. The summed E-state index contributed by atoms with van der Waals surface area (Å²) in [6.07, 6.45) is 1.39. The summed E-state index contributed by atoms with van der Waals surface area (Å²) in [5.74, 6) is -0.575. The Hall–Kier alpha value is -2.56. The van der Waals surface area contributed by atoms with Crippen molar-refractivity contribution in [3.05, 3.63) is 59.0 Å². The minimum atomic E-state index is -0.987. The number of benzene rings is 1. The van der Waals surface area contributed by atoms with E-state index in [0.29, 0.717) is 11.3 Å². The van der Waals surface area contributed by atoms with Gasteiger partial charge in [0.1, 0.15) is 12.0 Å². The number of hydrogen-bond donors (Lipinski definition) is 2. The van der Waals surface area contributed by atoms with Crippen molar-refractivity contribution in [3.63, 3.8) is 0 Å². The normalized spacial score (nSPS) is 10.2. The van der Waals surface area contributed by atoms with Gasteiger partial charge in [0.25, 0.3) is 5.91 Å². The molecule has 0 aliphatic heterocycles. The molecule has 0 spiro atoms. The smallest absolute Gasteiger partial charge is 0.335 e. The number of hydrogen-bond acceptors (Lipinski definition) is 3. The van der Waals surface area contributed by atoms with Crippen LogP contribution in [0.1, 0.15) is 32.0 Å². The van der Waals surface area contributed by atoms with Gasteiger partial charge >= 0.3 is 5.97 Å². The summed E-state index contributed by atoms with van der Waals surface area (Å²) >= 11 is 0. The number of nitrogens with one attached hydrogen (secondary N) is 1. The van der Waals surface area contributed by atoms with Gasteiger partial charge in [0.05, 0.1) is 11.1 Å². The molecule has 2 N–H and O–H groups in total. The second kappa shape index (κ2) is 5.39. The Morgan fingerprint density at radius 3 is 2.68 bits per heavy atom. The molecule has 98 valence electrons.